The van der Waals surface area contributed by atoms with E-state index in [4.69, 9.17) is 14.6 Å². The van der Waals surface area contributed by atoms with Crippen LogP contribution in [0.1, 0.15) is 13.3 Å². The third-order valence-electron chi connectivity index (χ3n) is 1.93. The molecule has 3 atom stereocenters. The molecule has 3 heteroatoms. The van der Waals surface area contributed by atoms with Crippen molar-refractivity contribution in [3.63, 3.8) is 0 Å². The van der Waals surface area contributed by atoms with Crippen LogP contribution in [-0.4, -0.2) is 37.1 Å². The molecule has 0 spiro atoms. The first-order valence-corrected chi connectivity index (χ1v) is 3.57. The Hall–Kier alpha value is -0.120. The summed E-state index contributed by atoms with van der Waals surface area (Å²) in [5.41, 5.74) is 0. The smallest absolute Gasteiger partial charge is 0.0855 e. The van der Waals surface area contributed by atoms with Crippen LogP contribution in [0.2, 0.25) is 0 Å². The van der Waals surface area contributed by atoms with Crippen LogP contribution in [0.3, 0.4) is 0 Å². The van der Waals surface area contributed by atoms with E-state index in [0.717, 1.165) is 6.42 Å². The summed E-state index contributed by atoms with van der Waals surface area (Å²) in [7, 11) is 1.67. The van der Waals surface area contributed by atoms with Gasteiger partial charge in [0.05, 0.1) is 24.9 Å². The van der Waals surface area contributed by atoms with Crippen molar-refractivity contribution >= 4 is 0 Å². The van der Waals surface area contributed by atoms with Gasteiger partial charge in [0.15, 0.2) is 0 Å². The fraction of sp³-hybridized carbons (Fsp3) is 1.00. The third kappa shape index (κ3) is 1.48. The summed E-state index contributed by atoms with van der Waals surface area (Å²) in [6.45, 7) is 2.06. The summed E-state index contributed by atoms with van der Waals surface area (Å²) in [5, 5.41) is 8.72. The minimum absolute atomic E-state index is 0.0139. The predicted molar refractivity (Wildman–Crippen MR) is 36.8 cm³/mol. The molecule has 1 aliphatic rings. The third-order valence-corrected chi connectivity index (χ3v) is 1.93. The summed E-state index contributed by atoms with van der Waals surface area (Å²) >= 11 is 0. The number of ether oxygens (including phenoxy) is 2. The van der Waals surface area contributed by atoms with Gasteiger partial charge in [-0.15, -0.1) is 0 Å². The molecule has 1 aliphatic heterocycles. The highest BCUT2D eigenvalue weighted by Gasteiger charge is 2.31. The maximum atomic E-state index is 8.72. The zero-order chi connectivity index (χ0) is 7.56. The van der Waals surface area contributed by atoms with Crippen molar-refractivity contribution in [3.8, 4) is 0 Å². The fourth-order valence-corrected chi connectivity index (χ4v) is 1.30. The standard InChI is InChI=1S/C7H14O3/c1-5-7(9-2)3-6(4-8)10-5/h5-8H,3-4H2,1-2H3/t5-,6-,7+/m0/s1. The highest BCUT2D eigenvalue weighted by Crippen LogP contribution is 2.21. The van der Waals surface area contributed by atoms with Crippen molar-refractivity contribution in [2.24, 2.45) is 0 Å². The Morgan fingerprint density at radius 2 is 2.40 bits per heavy atom. The van der Waals surface area contributed by atoms with Gasteiger partial charge in [-0.2, -0.15) is 0 Å². The second-order valence-corrected chi connectivity index (χ2v) is 2.66. The monoisotopic (exact) mass is 146 g/mol. The fourth-order valence-electron chi connectivity index (χ4n) is 1.30. The molecular formula is C7H14O3. The van der Waals surface area contributed by atoms with E-state index in [9.17, 15) is 0 Å². The van der Waals surface area contributed by atoms with Crippen molar-refractivity contribution in [2.75, 3.05) is 13.7 Å². The molecule has 1 heterocycles. The Kier molecular flexibility index (Phi) is 2.65. The maximum Gasteiger partial charge on any atom is 0.0855 e. The molecule has 0 aliphatic carbocycles. The van der Waals surface area contributed by atoms with E-state index in [1.807, 2.05) is 6.92 Å². The lowest BCUT2D eigenvalue weighted by Gasteiger charge is -2.10. The van der Waals surface area contributed by atoms with Crippen LogP contribution >= 0.6 is 0 Å². The number of hydrogen-bond acceptors (Lipinski definition) is 3. The minimum Gasteiger partial charge on any atom is -0.394 e. The van der Waals surface area contributed by atoms with Gasteiger partial charge in [-0.1, -0.05) is 0 Å². The van der Waals surface area contributed by atoms with Gasteiger partial charge in [-0.05, 0) is 6.92 Å². The van der Waals surface area contributed by atoms with Crippen LogP contribution in [0.15, 0.2) is 0 Å². The zero-order valence-corrected chi connectivity index (χ0v) is 6.41. The average Bonchev–Trinajstić information content (AvgIpc) is 2.30. The van der Waals surface area contributed by atoms with Crippen LogP contribution in [0.25, 0.3) is 0 Å². The Labute approximate surface area is 60.9 Å². The number of aliphatic hydroxyl groups excluding tert-OH is 1. The first kappa shape index (κ1) is 7.98. The van der Waals surface area contributed by atoms with Gasteiger partial charge >= 0.3 is 0 Å². The lowest BCUT2D eigenvalue weighted by molar-refractivity contribution is -0.00929. The highest BCUT2D eigenvalue weighted by molar-refractivity contribution is 4.79. The van der Waals surface area contributed by atoms with Crippen molar-refractivity contribution in [3.05, 3.63) is 0 Å². The Bertz CT molecular complexity index is 105. The van der Waals surface area contributed by atoms with Gasteiger partial charge in [0.25, 0.3) is 0 Å². The molecule has 3 nitrogen and oxygen atoms in total. The molecule has 0 unspecified atom stereocenters. The van der Waals surface area contributed by atoms with Gasteiger partial charge in [0.1, 0.15) is 0 Å². The number of rotatable bonds is 2. The van der Waals surface area contributed by atoms with E-state index >= 15 is 0 Å². The molecule has 1 fully saturated rings. The molecule has 10 heavy (non-hydrogen) atoms. The Morgan fingerprint density at radius 3 is 2.70 bits per heavy atom. The maximum absolute atomic E-state index is 8.72. The normalized spacial score (nSPS) is 40.5. The molecule has 1 saturated heterocycles. The van der Waals surface area contributed by atoms with E-state index in [1.54, 1.807) is 7.11 Å². The molecule has 0 radical (unpaired) electrons. The topological polar surface area (TPSA) is 38.7 Å². The molecule has 60 valence electrons. The van der Waals surface area contributed by atoms with Crippen LogP contribution in [0, 0.1) is 0 Å². The van der Waals surface area contributed by atoms with E-state index in [1.165, 1.54) is 0 Å². The molecule has 0 saturated carbocycles. The second-order valence-electron chi connectivity index (χ2n) is 2.66. The molecule has 1 rings (SSSR count). The largest absolute Gasteiger partial charge is 0.394 e. The van der Waals surface area contributed by atoms with Gasteiger partial charge < -0.3 is 14.6 Å². The van der Waals surface area contributed by atoms with Crippen molar-refractivity contribution in [2.45, 2.75) is 31.7 Å². The average molecular weight is 146 g/mol. The summed E-state index contributed by atoms with van der Waals surface area (Å²) in [4.78, 5) is 0. The first-order chi connectivity index (χ1) is 4.77. The minimum atomic E-state index is -0.0139. The van der Waals surface area contributed by atoms with Crippen LogP contribution in [0.4, 0.5) is 0 Å². The van der Waals surface area contributed by atoms with Crippen molar-refractivity contribution in [1.29, 1.82) is 0 Å². The molecular weight excluding hydrogens is 132 g/mol. The lowest BCUT2D eigenvalue weighted by Crippen LogP contribution is -2.18. The predicted octanol–water partition coefficient (Wildman–Crippen LogP) is 0.171. The summed E-state index contributed by atoms with van der Waals surface area (Å²) in [6, 6.07) is 0. The van der Waals surface area contributed by atoms with E-state index in [-0.39, 0.29) is 24.9 Å². The summed E-state index contributed by atoms with van der Waals surface area (Å²) in [6.07, 6.45) is 1.09. The molecule has 1 N–H and O–H groups in total. The highest BCUT2D eigenvalue weighted by atomic mass is 16.6. The summed E-state index contributed by atoms with van der Waals surface area (Å²) < 4.78 is 10.5. The van der Waals surface area contributed by atoms with Crippen molar-refractivity contribution < 1.29 is 14.6 Å². The number of methoxy groups -OCH3 is 1. The Morgan fingerprint density at radius 1 is 1.70 bits per heavy atom. The Balaban J connectivity index is 2.36. The molecule has 0 aromatic heterocycles. The van der Waals surface area contributed by atoms with Gasteiger partial charge in [-0.3, -0.25) is 0 Å². The van der Waals surface area contributed by atoms with Crippen LogP contribution in [0.5, 0.6) is 0 Å². The quantitative estimate of drug-likeness (QED) is 0.603. The van der Waals surface area contributed by atoms with Crippen LogP contribution < -0.4 is 0 Å². The number of aliphatic hydroxyl groups is 1. The van der Waals surface area contributed by atoms with Gasteiger partial charge in [-0.25, -0.2) is 0 Å². The first-order valence-electron chi connectivity index (χ1n) is 3.57. The van der Waals surface area contributed by atoms with Gasteiger partial charge in [0, 0.05) is 13.5 Å². The molecule has 0 aromatic rings. The van der Waals surface area contributed by atoms with Crippen LogP contribution in [-0.2, 0) is 9.47 Å². The van der Waals surface area contributed by atoms with E-state index in [0.29, 0.717) is 0 Å². The second kappa shape index (κ2) is 3.32. The lowest BCUT2D eigenvalue weighted by atomic mass is 10.1. The summed E-state index contributed by atoms with van der Waals surface area (Å²) in [5.74, 6) is 0. The number of hydrogen-bond donors (Lipinski definition) is 1. The molecule has 0 amide bonds. The SMILES string of the molecule is CO[C@@H]1C[C@@H](CO)O[C@H]1C. The van der Waals surface area contributed by atoms with Gasteiger partial charge in [0.2, 0.25) is 0 Å². The zero-order valence-electron chi connectivity index (χ0n) is 6.41. The molecule has 0 bridgehead atoms. The van der Waals surface area contributed by atoms with E-state index < -0.39 is 0 Å². The molecule has 0 aromatic carbocycles. The van der Waals surface area contributed by atoms with E-state index in [2.05, 4.69) is 0 Å². The van der Waals surface area contributed by atoms with Crippen molar-refractivity contribution in [1.82, 2.24) is 0 Å².